The monoisotopic (exact) mass is 251 g/mol. The topological polar surface area (TPSA) is 60.2 Å². The molecule has 4 heteroatoms. The number of anilines is 1. The van der Waals surface area contributed by atoms with Crippen molar-refractivity contribution in [1.29, 1.82) is 0 Å². The SMILES string of the molecule is CCOC(C)(CC)C(Cc1cnccc1N)NC. The van der Waals surface area contributed by atoms with Gasteiger partial charge in [-0.2, -0.15) is 0 Å². The van der Waals surface area contributed by atoms with Crippen LogP contribution in [0.15, 0.2) is 18.5 Å². The molecule has 102 valence electrons. The van der Waals surface area contributed by atoms with Gasteiger partial charge in [-0.1, -0.05) is 6.92 Å². The lowest BCUT2D eigenvalue weighted by atomic mass is 9.88. The first-order chi connectivity index (χ1) is 8.57. The average Bonchev–Trinajstić information content (AvgIpc) is 2.38. The summed E-state index contributed by atoms with van der Waals surface area (Å²) < 4.78 is 5.92. The first-order valence-electron chi connectivity index (χ1n) is 6.57. The van der Waals surface area contributed by atoms with E-state index in [9.17, 15) is 0 Å². The maximum Gasteiger partial charge on any atom is 0.0807 e. The van der Waals surface area contributed by atoms with E-state index in [1.165, 1.54) is 0 Å². The summed E-state index contributed by atoms with van der Waals surface area (Å²) in [6, 6.07) is 2.06. The van der Waals surface area contributed by atoms with E-state index in [0.29, 0.717) is 6.61 Å². The summed E-state index contributed by atoms with van der Waals surface area (Å²) in [4.78, 5) is 4.14. The molecule has 2 unspecified atom stereocenters. The molecular weight excluding hydrogens is 226 g/mol. The van der Waals surface area contributed by atoms with Crippen molar-refractivity contribution in [3.63, 3.8) is 0 Å². The normalized spacial score (nSPS) is 16.2. The Morgan fingerprint density at radius 2 is 2.22 bits per heavy atom. The molecule has 1 aromatic heterocycles. The molecule has 0 bridgehead atoms. The minimum atomic E-state index is -0.189. The zero-order valence-corrected chi connectivity index (χ0v) is 11.9. The van der Waals surface area contributed by atoms with E-state index >= 15 is 0 Å². The summed E-state index contributed by atoms with van der Waals surface area (Å²) in [6.07, 6.45) is 5.32. The van der Waals surface area contributed by atoms with Gasteiger partial charge in [-0.05, 0) is 45.4 Å². The molecule has 0 aromatic carbocycles. The van der Waals surface area contributed by atoms with Gasteiger partial charge in [-0.15, -0.1) is 0 Å². The lowest BCUT2D eigenvalue weighted by Crippen LogP contribution is -2.50. The second-order valence-electron chi connectivity index (χ2n) is 4.72. The molecule has 0 spiro atoms. The molecule has 0 radical (unpaired) electrons. The zero-order chi connectivity index (χ0) is 13.6. The third-order valence-corrected chi connectivity index (χ3v) is 3.63. The maximum absolute atomic E-state index is 5.97. The fourth-order valence-corrected chi connectivity index (χ4v) is 2.23. The van der Waals surface area contributed by atoms with Crippen LogP contribution in [0, 0.1) is 0 Å². The molecular formula is C14H25N3O. The second-order valence-corrected chi connectivity index (χ2v) is 4.72. The van der Waals surface area contributed by atoms with Crippen molar-refractivity contribution < 1.29 is 4.74 Å². The third-order valence-electron chi connectivity index (χ3n) is 3.63. The molecule has 0 amide bonds. The Balaban J connectivity index is 2.87. The number of rotatable bonds is 7. The lowest BCUT2D eigenvalue weighted by molar-refractivity contribution is -0.0533. The highest BCUT2D eigenvalue weighted by Gasteiger charge is 2.32. The van der Waals surface area contributed by atoms with E-state index in [4.69, 9.17) is 10.5 Å². The third kappa shape index (κ3) is 3.43. The van der Waals surface area contributed by atoms with Gasteiger partial charge in [0, 0.05) is 30.7 Å². The van der Waals surface area contributed by atoms with Gasteiger partial charge in [0.25, 0.3) is 0 Å². The summed E-state index contributed by atoms with van der Waals surface area (Å²) in [6.45, 7) is 7.03. The molecule has 1 heterocycles. The van der Waals surface area contributed by atoms with Crippen LogP contribution >= 0.6 is 0 Å². The van der Waals surface area contributed by atoms with Crippen LogP contribution in [0.4, 0.5) is 5.69 Å². The molecule has 0 aliphatic carbocycles. The number of nitrogen functional groups attached to an aromatic ring is 1. The number of nitrogens with one attached hydrogen (secondary N) is 1. The van der Waals surface area contributed by atoms with E-state index in [2.05, 4.69) is 24.1 Å². The van der Waals surface area contributed by atoms with E-state index in [1.807, 2.05) is 26.2 Å². The summed E-state index contributed by atoms with van der Waals surface area (Å²) in [7, 11) is 1.96. The highest BCUT2D eigenvalue weighted by atomic mass is 16.5. The Labute approximate surface area is 110 Å². The Kier molecular flexibility index (Phi) is 5.56. The number of ether oxygens (including phenoxy) is 1. The van der Waals surface area contributed by atoms with E-state index in [0.717, 1.165) is 24.1 Å². The number of nitrogens with two attached hydrogens (primary N) is 1. The molecule has 0 saturated carbocycles. The number of aromatic nitrogens is 1. The van der Waals surface area contributed by atoms with Crippen molar-refractivity contribution in [2.24, 2.45) is 0 Å². The molecule has 0 fully saturated rings. The highest BCUT2D eigenvalue weighted by Crippen LogP contribution is 2.24. The number of pyridine rings is 1. The predicted octanol–water partition coefficient (Wildman–Crippen LogP) is 2.00. The van der Waals surface area contributed by atoms with Crippen molar-refractivity contribution in [3.05, 3.63) is 24.0 Å². The van der Waals surface area contributed by atoms with E-state index < -0.39 is 0 Å². The van der Waals surface area contributed by atoms with Gasteiger partial charge in [-0.3, -0.25) is 4.98 Å². The van der Waals surface area contributed by atoms with Crippen molar-refractivity contribution in [3.8, 4) is 0 Å². The number of likely N-dealkylation sites (N-methyl/N-ethyl adjacent to an activating group) is 1. The second kappa shape index (κ2) is 6.71. The van der Waals surface area contributed by atoms with Gasteiger partial charge in [0.05, 0.1) is 5.60 Å². The van der Waals surface area contributed by atoms with Gasteiger partial charge in [-0.25, -0.2) is 0 Å². The highest BCUT2D eigenvalue weighted by molar-refractivity contribution is 5.44. The Morgan fingerprint density at radius 3 is 2.72 bits per heavy atom. The molecule has 1 aromatic rings. The molecule has 3 N–H and O–H groups in total. The number of hydrogen-bond donors (Lipinski definition) is 2. The van der Waals surface area contributed by atoms with Crippen LogP contribution < -0.4 is 11.1 Å². The summed E-state index contributed by atoms with van der Waals surface area (Å²) in [5.74, 6) is 0. The van der Waals surface area contributed by atoms with Crippen LogP contribution in [0.1, 0.15) is 32.8 Å². The van der Waals surface area contributed by atoms with Crippen LogP contribution in [0.2, 0.25) is 0 Å². The van der Waals surface area contributed by atoms with Gasteiger partial charge >= 0.3 is 0 Å². The molecule has 0 aliphatic heterocycles. The summed E-state index contributed by atoms with van der Waals surface area (Å²) in [5, 5.41) is 3.35. The van der Waals surface area contributed by atoms with Crippen LogP contribution in [0.3, 0.4) is 0 Å². The Morgan fingerprint density at radius 1 is 1.50 bits per heavy atom. The predicted molar refractivity (Wildman–Crippen MR) is 75.5 cm³/mol. The van der Waals surface area contributed by atoms with Crippen LogP contribution in [-0.4, -0.2) is 30.3 Å². The molecule has 18 heavy (non-hydrogen) atoms. The largest absolute Gasteiger partial charge is 0.398 e. The summed E-state index contributed by atoms with van der Waals surface area (Å²) >= 11 is 0. The molecule has 2 atom stereocenters. The lowest BCUT2D eigenvalue weighted by Gasteiger charge is -2.37. The first-order valence-corrected chi connectivity index (χ1v) is 6.57. The maximum atomic E-state index is 5.97. The molecule has 0 aliphatic rings. The van der Waals surface area contributed by atoms with Crippen LogP contribution in [0.25, 0.3) is 0 Å². The molecule has 4 nitrogen and oxygen atoms in total. The van der Waals surface area contributed by atoms with Gasteiger partial charge in [0.1, 0.15) is 0 Å². The average molecular weight is 251 g/mol. The molecule has 0 saturated heterocycles. The van der Waals surface area contributed by atoms with E-state index in [-0.39, 0.29) is 11.6 Å². The molecule has 1 rings (SSSR count). The Hall–Kier alpha value is -1.13. The standard InChI is InChI=1S/C14H25N3O/c1-5-14(3,18-6-2)13(16-4)9-11-10-17-8-7-12(11)15/h7-8,10,13,16H,5-6,9H2,1-4H3,(H2,15,17). The minimum Gasteiger partial charge on any atom is -0.398 e. The van der Waals surface area contributed by atoms with Crippen molar-refractivity contribution in [1.82, 2.24) is 10.3 Å². The Bertz CT molecular complexity index is 370. The fourth-order valence-electron chi connectivity index (χ4n) is 2.23. The smallest absolute Gasteiger partial charge is 0.0807 e. The quantitative estimate of drug-likeness (QED) is 0.778. The minimum absolute atomic E-state index is 0.189. The summed E-state index contributed by atoms with van der Waals surface area (Å²) in [5.41, 5.74) is 7.64. The first kappa shape index (κ1) is 14.9. The van der Waals surface area contributed by atoms with Gasteiger partial charge < -0.3 is 15.8 Å². The van der Waals surface area contributed by atoms with Crippen molar-refractivity contribution in [2.45, 2.75) is 45.3 Å². The van der Waals surface area contributed by atoms with Gasteiger partial charge in [0.15, 0.2) is 0 Å². The van der Waals surface area contributed by atoms with Crippen LogP contribution in [-0.2, 0) is 11.2 Å². The van der Waals surface area contributed by atoms with Gasteiger partial charge in [0.2, 0.25) is 0 Å². The number of nitrogens with zero attached hydrogens (tertiary/aromatic N) is 1. The van der Waals surface area contributed by atoms with E-state index in [1.54, 1.807) is 6.20 Å². The number of hydrogen-bond acceptors (Lipinski definition) is 4. The fraction of sp³-hybridized carbons (Fsp3) is 0.643. The van der Waals surface area contributed by atoms with Crippen molar-refractivity contribution >= 4 is 5.69 Å². The zero-order valence-electron chi connectivity index (χ0n) is 11.9. The van der Waals surface area contributed by atoms with Crippen LogP contribution in [0.5, 0.6) is 0 Å². The van der Waals surface area contributed by atoms with Crippen molar-refractivity contribution in [2.75, 3.05) is 19.4 Å².